The Labute approximate surface area is 240 Å². The van der Waals surface area contributed by atoms with Crippen molar-refractivity contribution in [2.75, 3.05) is 5.73 Å². The molecule has 2 atom stereocenters. The number of para-hydroxylation sites is 1. The van der Waals surface area contributed by atoms with E-state index in [0.717, 1.165) is 0 Å². The first-order valence-corrected chi connectivity index (χ1v) is 13.0. The van der Waals surface area contributed by atoms with Crippen LogP contribution in [0, 0.1) is 11.8 Å². The highest BCUT2D eigenvalue weighted by Gasteiger charge is 2.24. The van der Waals surface area contributed by atoms with Crippen molar-refractivity contribution in [3.8, 4) is 17.5 Å². The van der Waals surface area contributed by atoms with Crippen LogP contribution in [0.5, 0.6) is 0 Å². The first-order valence-electron chi connectivity index (χ1n) is 13.6. The standard InChI is InChI=1S/C31H25FN8O2/c1-19(35-30(41)27-28(33)37-39-14-13-23(16-32)36-29(27)39)25-15-22-8-6-7-21(12-11-20-17-34-38(2)18-20)26(22)31(42)40(25)24-9-4-3-5-10-24/h3-10,13-15,17-19H,16H2,1-2H3,(H2,33,37)(H,35,41)/t19-/m0/s1/i16D/t16?,19-. The SMILES string of the molecule is [2H]C(F)c1ccn2nc(N)c(C(=O)N[C@@H](C)c3cc4cccc(C#Cc5cnn(C)c5)c4c(=O)n3-c3ccccc3)c2n1. The quantitative estimate of drug-likeness (QED) is 0.309. The number of carbonyl (C=O) groups is 1. The van der Waals surface area contributed by atoms with Crippen LogP contribution < -0.4 is 16.6 Å². The van der Waals surface area contributed by atoms with Crippen LogP contribution in [0.4, 0.5) is 10.2 Å². The van der Waals surface area contributed by atoms with Crippen molar-refractivity contribution in [3.63, 3.8) is 0 Å². The third-order valence-corrected chi connectivity index (χ3v) is 6.80. The van der Waals surface area contributed by atoms with Gasteiger partial charge in [0.25, 0.3) is 11.5 Å². The first kappa shape index (κ1) is 25.2. The summed E-state index contributed by atoms with van der Waals surface area (Å²) >= 11 is 0. The first-order chi connectivity index (χ1) is 20.7. The summed E-state index contributed by atoms with van der Waals surface area (Å²) in [5, 5.41) is 12.2. The van der Waals surface area contributed by atoms with Gasteiger partial charge in [-0.25, -0.2) is 13.9 Å². The Balaban J connectivity index is 1.46. The lowest BCUT2D eigenvalue weighted by atomic mass is 10.0. The average Bonchev–Trinajstić information content (AvgIpc) is 3.56. The summed E-state index contributed by atoms with van der Waals surface area (Å²) < 4.78 is 25.5. The number of fused-ring (bicyclic) bond motifs is 2. The van der Waals surface area contributed by atoms with Gasteiger partial charge >= 0.3 is 0 Å². The maximum absolute atomic E-state index is 14.2. The predicted octanol–water partition coefficient (Wildman–Crippen LogP) is 3.71. The molecule has 0 bridgehead atoms. The zero-order chi connectivity index (χ0) is 30.2. The van der Waals surface area contributed by atoms with E-state index in [1.54, 1.807) is 53.8 Å². The van der Waals surface area contributed by atoms with Crippen molar-refractivity contribution in [3.05, 3.63) is 118 Å². The second-order valence-corrected chi connectivity index (χ2v) is 9.65. The van der Waals surface area contributed by atoms with E-state index >= 15 is 0 Å². The number of pyridine rings is 1. The molecule has 11 heteroatoms. The van der Waals surface area contributed by atoms with Gasteiger partial charge < -0.3 is 11.1 Å². The van der Waals surface area contributed by atoms with Crippen molar-refractivity contribution in [1.82, 2.24) is 34.3 Å². The molecule has 4 aromatic heterocycles. The van der Waals surface area contributed by atoms with Crippen molar-refractivity contribution in [1.29, 1.82) is 0 Å². The van der Waals surface area contributed by atoms with Crippen molar-refractivity contribution < 1.29 is 10.6 Å². The molecule has 0 spiro atoms. The lowest BCUT2D eigenvalue weighted by Gasteiger charge is -2.21. The summed E-state index contributed by atoms with van der Waals surface area (Å²) in [6.45, 7) is -0.348. The number of aromatic nitrogens is 6. The van der Waals surface area contributed by atoms with Gasteiger partial charge in [-0.1, -0.05) is 42.2 Å². The largest absolute Gasteiger partial charge is 0.381 e. The van der Waals surface area contributed by atoms with Crippen molar-refractivity contribution >= 4 is 28.1 Å². The second kappa shape index (κ2) is 10.7. The molecular weight excluding hydrogens is 535 g/mol. The maximum atomic E-state index is 14.2. The van der Waals surface area contributed by atoms with E-state index in [0.29, 0.717) is 33.3 Å². The van der Waals surface area contributed by atoms with E-state index in [4.69, 9.17) is 7.10 Å². The number of nitrogen functional groups attached to an aromatic ring is 1. The van der Waals surface area contributed by atoms with E-state index in [-0.39, 0.29) is 28.3 Å². The van der Waals surface area contributed by atoms with E-state index in [1.807, 2.05) is 36.4 Å². The minimum Gasteiger partial charge on any atom is -0.381 e. The Kier molecular flexibility index (Phi) is 6.41. The highest BCUT2D eigenvalue weighted by atomic mass is 19.1. The number of nitrogens with zero attached hydrogens (tertiary/aromatic N) is 6. The number of hydrogen-bond acceptors (Lipinski definition) is 6. The zero-order valence-electron chi connectivity index (χ0n) is 23.6. The Bertz CT molecular complexity index is 2140. The molecule has 0 fully saturated rings. The third-order valence-electron chi connectivity index (χ3n) is 6.80. The predicted molar refractivity (Wildman–Crippen MR) is 157 cm³/mol. The van der Waals surface area contributed by atoms with Crippen LogP contribution in [0.25, 0.3) is 22.1 Å². The minimum atomic E-state index is -2.09. The number of nitrogens with one attached hydrogen (secondary N) is 1. The minimum absolute atomic E-state index is 0.0189. The molecule has 10 nitrogen and oxygen atoms in total. The zero-order valence-corrected chi connectivity index (χ0v) is 22.6. The molecule has 0 aliphatic carbocycles. The Morgan fingerprint density at radius 3 is 2.71 bits per heavy atom. The number of aryl methyl sites for hydroxylation is 1. The topological polar surface area (TPSA) is 125 Å². The molecule has 0 saturated carbocycles. The van der Waals surface area contributed by atoms with Crippen molar-refractivity contribution in [2.24, 2.45) is 7.05 Å². The van der Waals surface area contributed by atoms with Gasteiger partial charge in [0, 0.05) is 36.4 Å². The second-order valence-electron chi connectivity index (χ2n) is 9.65. The van der Waals surface area contributed by atoms with Crippen LogP contribution in [0.2, 0.25) is 0 Å². The van der Waals surface area contributed by atoms with E-state index in [2.05, 4.69) is 32.3 Å². The van der Waals surface area contributed by atoms with Crippen LogP contribution in [0.1, 0.15) is 47.2 Å². The lowest BCUT2D eigenvalue weighted by molar-refractivity contribution is 0.0941. The Hall–Kier alpha value is -5.76. The summed E-state index contributed by atoms with van der Waals surface area (Å²) in [6, 6.07) is 17.0. The van der Waals surface area contributed by atoms with E-state index < -0.39 is 18.6 Å². The molecule has 208 valence electrons. The summed E-state index contributed by atoms with van der Waals surface area (Å²) in [5.74, 6) is 5.46. The van der Waals surface area contributed by atoms with Crippen LogP contribution in [-0.4, -0.2) is 34.9 Å². The van der Waals surface area contributed by atoms with E-state index in [1.165, 1.54) is 16.8 Å². The number of alkyl halides is 1. The molecule has 0 aliphatic heterocycles. The Morgan fingerprint density at radius 2 is 1.98 bits per heavy atom. The highest BCUT2D eigenvalue weighted by Crippen LogP contribution is 2.25. The molecule has 3 N–H and O–H groups in total. The summed E-state index contributed by atoms with van der Waals surface area (Å²) in [4.78, 5) is 31.8. The number of rotatable bonds is 5. The fourth-order valence-corrected chi connectivity index (χ4v) is 4.86. The van der Waals surface area contributed by atoms with E-state index in [9.17, 15) is 14.0 Å². The molecular formula is C31H25FN8O2. The number of nitrogens with two attached hydrogens (primary N) is 1. The van der Waals surface area contributed by atoms with Crippen LogP contribution in [0.3, 0.4) is 0 Å². The fourth-order valence-electron chi connectivity index (χ4n) is 4.86. The number of amides is 1. The van der Waals surface area contributed by atoms with Crippen LogP contribution in [0.15, 0.2) is 84.0 Å². The molecule has 0 saturated heterocycles. The number of hydrogen-bond donors (Lipinski definition) is 2. The molecule has 0 aliphatic rings. The van der Waals surface area contributed by atoms with Gasteiger partial charge in [0.15, 0.2) is 11.5 Å². The number of carbonyl (C=O) groups excluding carboxylic acids is 1. The Morgan fingerprint density at radius 1 is 1.17 bits per heavy atom. The van der Waals surface area contributed by atoms with Gasteiger partial charge in [-0.3, -0.25) is 18.8 Å². The summed E-state index contributed by atoms with van der Waals surface area (Å²) in [7, 11) is 1.80. The smallest absolute Gasteiger partial charge is 0.264 e. The fraction of sp³-hybridized carbons (Fsp3) is 0.129. The monoisotopic (exact) mass is 561 g/mol. The van der Waals surface area contributed by atoms with Gasteiger partial charge in [0.05, 0.1) is 30.3 Å². The van der Waals surface area contributed by atoms with Crippen LogP contribution in [-0.2, 0) is 13.7 Å². The molecule has 6 aromatic rings. The third kappa shape index (κ3) is 4.75. The molecule has 0 radical (unpaired) electrons. The summed E-state index contributed by atoms with van der Waals surface area (Å²) in [6.07, 6.45) is 4.83. The van der Waals surface area contributed by atoms with Gasteiger partial charge in [0.2, 0.25) is 0 Å². The maximum Gasteiger partial charge on any atom is 0.264 e. The average molecular weight is 562 g/mol. The molecule has 2 aromatic carbocycles. The van der Waals surface area contributed by atoms with Gasteiger partial charge in [-0.2, -0.15) is 5.10 Å². The molecule has 1 amide bonds. The molecule has 4 heterocycles. The lowest BCUT2D eigenvalue weighted by Crippen LogP contribution is -2.32. The highest BCUT2D eigenvalue weighted by molar-refractivity contribution is 6.04. The number of anilines is 1. The van der Waals surface area contributed by atoms with Crippen LogP contribution >= 0.6 is 0 Å². The molecule has 42 heavy (non-hydrogen) atoms. The number of halogens is 1. The normalized spacial score (nSPS) is 12.9. The molecule has 1 unspecified atom stereocenters. The summed E-state index contributed by atoms with van der Waals surface area (Å²) in [5.41, 5.74) is 7.92. The van der Waals surface area contributed by atoms with Crippen molar-refractivity contribution in [2.45, 2.75) is 19.6 Å². The van der Waals surface area contributed by atoms with Gasteiger partial charge in [-0.05, 0) is 42.6 Å². The number of benzene rings is 2. The van der Waals surface area contributed by atoms with Gasteiger partial charge in [0.1, 0.15) is 12.2 Å². The molecule has 6 rings (SSSR count). The van der Waals surface area contributed by atoms with Gasteiger partial charge in [-0.15, -0.1) is 5.10 Å².